The third kappa shape index (κ3) is 3.85. The largest absolute Gasteiger partial charge is 0.312 e. The van der Waals surface area contributed by atoms with Gasteiger partial charge in [0.1, 0.15) is 0 Å². The Balaban J connectivity index is 2.16. The van der Waals surface area contributed by atoms with Crippen LogP contribution in [0.3, 0.4) is 0 Å². The summed E-state index contributed by atoms with van der Waals surface area (Å²) in [5.74, 6) is 0. The average molecular weight is 308 g/mol. The maximum Gasteiger partial charge on any atom is 0.0453 e. The second kappa shape index (κ2) is 6.30. The molecule has 1 unspecified atom stereocenters. The fourth-order valence-corrected chi connectivity index (χ4v) is 3.45. The molecule has 1 heterocycles. The van der Waals surface area contributed by atoms with Crippen LogP contribution in [0.25, 0.3) is 0 Å². The Morgan fingerprint density at radius 3 is 2.25 bits per heavy atom. The molecule has 1 aromatic carbocycles. The maximum absolute atomic E-state index is 5.94. The number of hydrogen-bond acceptors (Lipinski definition) is 2. The summed E-state index contributed by atoms with van der Waals surface area (Å²) >= 11 is 7.85. The molecule has 0 amide bonds. The van der Waals surface area contributed by atoms with Crippen LogP contribution in [0.15, 0.2) is 36.4 Å². The number of halogens is 1. The van der Waals surface area contributed by atoms with Gasteiger partial charge in [0.05, 0.1) is 0 Å². The molecule has 0 aliphatic heterocycles. The van der Waals surface area contributed by atoms with E-state index in [0.717, 1.165) is 11.4 Å². The highest BCUT2D eigenvalue weighted by atomic mass is 35.5. The van der Waals surface area contributed by atoms with Gasteiger partial charge in [0, 0.05) is 20.8 Å². The Morgan fingerprint density at radius 2 is 1.75 bits per heavy atom. The molecular formula is C17H22ClNS. The van der Waals surface area contributed by atoms with E-state index in [1.807, 2.05) is 30.5 Å². The number of benzene rings is 1. The first-order valence-electron chi connectivity index (χ1n) is 6.92. The van der Waals surface area contributed by atoms with Crippen LogP contribution in [-0.2, 0) is 11.8 Å². The first-order chi connectivity index (χ1) is 9.40. The third-order valence-corrected chi connectivity index (χ3v) is 5.29. The van der Waals surface area contributed by atoms with Crippen LogP contribution in [0.4, 0.5) is 0 Å². The van der Waals surface area contributed by atoms with E-state index in [1.165, 1.54) is 15.3 Å². The molecule has 1 nitrogen and oxygen atoms in total. The normalized spacial score (nSPS) is 13.4. The van der Waals surface area contributed by atoms with E-state index in [0.29, 0.717) is 6.04 Å². The molecule has 0 fully saturated rings. The average Bonchev–Trinajstić information content (AvgIpc) is 2.87. The molecule has 0 aliphatic rings. The zero-order valence-electron chi connectivity index (χ0n) is 12.5. The van der Waals surface area contributed by atoms with E-state index in [2.05, 4.69) is 50.4 Å². The van der Waals surface area contributed by atoms with Gasteiger partial charge in [-0.2, -0.15) is 0 Å². The van der Waals surface area contributed by atoms with E-state index in [-0.39, 0.29) is 5.41 Å². The highest BCUT2D eigenvalue weighted by molar-refractivity contribution is 7.12. The topological polar surface area (TPSA) is 12.0 Å². The second-order valence-electron chi connectivity index (χ2n) is 6.12. The Morgan fingerprint density at radius 1 is 1.10 bits per heavy atom. The molecule has 0 saturated carbocycles. The lowest BCUT2D eigenvalue weighted by Gasteiger charge is -2.17. The lowest BCUT2D eigenvalue weighted by molar-refractivity contribution is 0.601. The maximum atomic E-state index is 5.94. The minimum atomic E-state index is 0.224. The highest BCUT2D eigenvalue weighted by Gasteiger charge is 2.19. The molecule has 0 spiro atoms. The Kier molecular flexibility index (Phi) is 4.90. The van der Waals surface area contributed by atoms with Crippen molar-refractivity contribution in [3.05, 3.63) is 56.7 Å². The van der Waals surface area contributed by atoms with Crippen LogP contribution < -0.4 is 5.32 Å². The van der Waals surface area contributed by atoms with E-state index in [4.69, 9.17) is 11.6 Å². The van der Waals surface area contributed by atoms with Crippen molar-refractivity contribution in [2.24, 2.45) is 0 Å². The van der Waals surface area contributed by atoms with Crippen LogP contribution in [0.5, 0.6) is 0 Å². The number of nitrogens with one attached hydrogen (secondary N) is 1. The lowest BCUT2D eigenvalue weighted by Crippen LogP contribution is -2.17. The minimum absolute atomic E-state index is 0.224. The SMILES string of the molecule is CNC(Cc1ccc(Cl)cc1)c1ccc(C(C)(C)C)s1. The summed E-state index contributed by atoms with van der Waals surface area (Å²) in [5.41, 5.74) is 1.53. The van der Waals surface area contributed by atoms with Crippen molar-refractivity contribution < 1.29 is 0 Å². The molecule has 108 valence electrons. The Bertz CT molecular complexity index is 551. The predicted octanol–water partition coefficient (Wildman–Crippen LogP) is 5.20. The molecule has 20 heavy (non-hydrogen) atoms. The van der Waals surface area contributed by atoms with Crippen molar-refractivity contribution in [2.75, 3.05) is 7.05 Å². The first kappa shape index (κ1) is 15.6. The van der Waals surface area contributed by atoms with Crippen molar-refractivity contribution in [3.8, 4) is 0 Å². The second-order valence-corrected chi connectivity index (χ2v) is 7.68. The van der Waals surface area contributed by atoms with Gasteiger partial charge in [0.15, 0.2) is 0 Å². The van der Waals surface area contributed by atoms with Gasteiger partial charge < -0.3 is 5.32 Å². The molecule has 0 radical (unpaired) electrons. The number of hydrogen-bond donors (Lipinski definition) is 1. The Hall–Kier alpha value is -0.830. The van der Waals surface area contributed by atoms with Gasteiger partial charge in [0.2, 0.25) is 0 Å². The van der Waals surface area contributed by atoms with Gasteiger partial charge in [0.25, 0.3) is 0 Å². The number of thiophene rings is 1. The molecule has 2 aromatic rings. The number of rotatable bonds is 4. The fraction of sp³-hybridized carbons (Fsp3) is 0.412. The van der Waals surface area contributed by atoms with Crippen LogP contribution in [0.1, 0.15) is 42.1 Å². The summed E-state index contributed by atoms with van der Waals surface area (Å²) in [6, 6.07) is 13.0. The smallest absolute Gasteiger partial charge is 0.0453 e. The van der Waals surface area contributed by atoms with E-state index < -0.39 is 0 Å². The highest BCUT2D eigenvalue weighted by Crippen LogP contribution is 2.33. The monoisotopic (exact) mass is 307 g/mol. The minimum Gasteiger partial charge on any atom is -0.312 e. The van der Waals surface area contributed by atoms with Crippen molar-refractivity contribution in [1.29, 1.82) is 0 Å². The van der Waals surface area contributed by atoms with Gasteiger partial charge in [-0.25, -0.2) is 0 Å². The third-order valence-electron chi connectivity index (χ3n) is 3.41. The van der Waals surface area contributed by atoms with E-state index >= 15 is 0 Å². The predicted molar refractivity (Wildman–Crippen MR) is 90.0 cm³/mol. The van der Waals surface area contributed by atoms with Crippen molar-refractivity contribution >= 4 is 22.9 Å². The summed E-state index contributed by atoms with van der Waals surface area (Å²) < 4.78 is 0. The lowest BCUT2D eigenvalue weighted by atomic mass is 9.95. The van der Waals surface area contributed by atoms with Crippen molar-refractivity contribution in [1.82, 2.24) is 5.32 Å². The van der Waals surface area contributed by atoms with Crippen molar-refractivity contribution in [3.63, 3.8) is 0 Å². The van der Waals surface area contributed by atoms with Crippen LogP contribution >= 0.6 is 22.9 Å². The molecule has 2 rings (SSSR count). The van der Waals surface area contributed by atoms with Crippen LogP contribution in [-0.4, -0.2) is 7.05 Å². The summed E-state index contributed by atoms with van der Waals surface area (Å²) in [5, 5.41) is 4.22. The molecule has 0 aliphatic carbocycles. The van der Waals surface area contributed by atoms with Crippen LogP contribution in [0.2, 0.25) is 5.02 Å². The quantitative estimate of drug-likeness (QED) is 0.818. The van der Waals surface area contributed by atoms with E-state index in [1.54, 1.807) is 0 Å². The number of likely N-dealkylation sites (N-methyl/N-ethyl adjacent to an activating group) is 1. The molecule has 1 atom stereocenters. The summed E-state index contributed by atoms with van der Waals surface area (Å²) in [4.78, 5) is 2.83. The summed E-state index contributed by atoms with van der Waals surface area (Å²) in [7, 11) is 2.02. The van der Waals surface area contributed by atoms with Gasteiger partial charge in [-0.05, 0) is 48.7 Å². The van der Waals surface area contributed by atoms with Gasteiger partial charge in [-0.1, -0.05) is 44.5 Å². The molecule has 0 saturated heterocycles. The standard InChI is InChI=1S/C17H22ClNS/c1-17(2,3)16-10-9-15(20-16)14(19-4)11-12-5-7-13(18)8-6-12/h5-10,14,19H,11H2,1-4H3. The van der Waals surface area contributed by atoms with Gasteiger partial charge in [-0.15, -0.1) is 11.3 Å². The van der Waals surface area contributed by atoms with Gasteiger partial charge in [-0.3, -0.25) is 0 Å². The first-order valence-corrected chi connectivity index (χ1v) is 8.11. The molecule has 0 bridgehead atoms. The molecule has 1 N–H and O–H groups in total. The summed E-state index contributed by atoms with van der Waals surface area (Å²) in [6.07, 6.45) is 0.984. The van der Waals surface area contributed by atoms with Crippen LogP contribution in [0, 0.1) is 0 Å². The van der Waals surface area contributed by atoms with Gasteiger partial charge >= 0.3 is 0 Å². The summed E-state index contributed by atoms with van der Waals surface area (Å²) in [6.45, 7) is 6.78. The zero-order chi connectivity index (χ0) is 14.8. The molecule has 1 aromatic heterocycles. The van der Waals surface area contributed by atoms with E-state index in [9.17, 15) is 0 Å². The zero-order valence-corrected chi connectivity index (χ0v) is 14.1. The molecular weight excluding hydrogens is 286 g/mol. The Labute approximate surface area is 131 Å². The molecule has 3 heteroatoms. The fourth-order valence-electron chi connectivity index (χ4n) is 2.14. The van der Waals surface area contributed by atoms with Crippen molar-refractivity contribution in [2.45, 2.75) is 38.6 Å².